The number of amides is 4. The first-order valence-electron chi connectivity index (χ1n) is 21.3. The molecule has 15 nitrogen and oxygen atoms in total. The number of nitrogens with zero attached hydrogens (tertiary/aromatic N) is 4. The number of likely N-dealkylation sites (tertiary alicyclic amines) is 3. The summed E-state index contributed by atoms with van der Waals surface area (Å²) in [6, 6.07) is 1.26. The van der Waals surface area contributed by atoms with Crippen LogP contribution in [0.4, 0.5) is 13.2 Å². The highest BCUT2D eigenvalue weighted by molar-refractivity contribution is 6.05. The Labute approximate surface area is 351 Å². The van der Waals surface area contributed by atoms with Crippen LogP contribution in [-0.4, -0.2) is 135 Å². The van der Waals surface area contributed by atoms with Crippen molar-refractivity contribution < 1.29 is 57.2 Å². The van der Waals surface area contributed by atoms with Gasteiger partial charge in [0.05, 0.1) is 42.1 Å². The number of carboxylic acid groups (broad SMARTS) is 1. The van der Waals surface area contributed by atoms with Crippen LogP contribution in [-0.2, 0) is 30.1 Å². The van der Waals surface area contributed by atoms with Crippen LogP contribution in [0.2, 0.25) is 0 Å². The Morgan fingerprint density at radius 1 is 1.00 bits per heavy atom. The summed E-state index contributed by atoms with van der Waals surface area (Å²) in [4.78, 5) is 78.0. The zero-order valence-electron chi connectivity index (χ0n) is 34.7. The third kappa shape index (κ3) is 7.98. The number of carboxylic acids is 1. The SMILES string of the molecule is C[C@@H](O)[C@H](NC(=O)[C@@H]1CN(C(=O)C2(CC34CCC(CC3)OC4)C=NC(O)=CN2)CC12CN(C(=O)[C@H]1CC1(C)C)C2)C(=O)N1CCC(c2ccc(C(F)(F)F)cc2C(=O)O)CC1. The number of carbonyl (C=O) groups is 5. The molecule has 9 rings (SSSR count). The molecule has 18 heteroatoms. The van der Waals surface area contributed by atoms with Crippen molar-refractivity contribution in [1.82, 2.24) is 25.3 Å². The maximum absolute atomic E-state index is 14.9. The zero-order chi connectivity index (χ0) is 43.9. The van der Waals surface area contributed by atoms with Crippen LogP contribution < -0.4 is 10.6 Å². The highest BCUT2D eigenvalue weighted by Crippen LogP contribution is 2.55. The van der Waals surface area contributed by atoms with Crippen LogP contribution in [0.15, 0.2) is 35.3 Å². The van der Waals surface area contributed by atoms with E-state index in [0.29, 0.717) is 19.1 Å². The molecule has 8 aliphatic rings. The highest BCUT2D eigenvalue weighted by atomic mass is 19.4. The van der Waals surface area contributed by atoms with Gasteiger partial charge in [-0.15, -0.1) is 0 Å². The van der Waals surface area contributed by atoms with Crippen molar-refractivity contribution in [3.8, 4) is 0 Å². The van der Waals surface area contributed by atoms with Gasteiger partial charge in [-0.2, -0.15) is 13.2 Å². The zero-order valence-corrected chi connectivity index (χ0v) is 34.7. The minimum absolute atomic E-state index is 0.00284. The fraction of sp³-hybridized carbons (Fsp3) is 0.674. The summed E-state index contributed by atoms with van der Waals surface area (Å²) in [6.45, 7) is 6.67. The van der Waals surface area contributed by atoms with Gasteiger partial charge in [-0.05, 0) is 92.7 Å². The topological polar surface area (TPSA) is 201 Å². The third-order valence-electron chi connectivity index (χ3n) is 14.8. The van der Waals surface area contributed by atoms with Crippen molar-refractivity contribution >= 4 is 35.8 Å². The number of aliphatic hydroxyl groups excluding tert-OH is 2. The summed E-state index contributed by atoms with van der Waals surface area (Å²) >= 11 is 0. The van der Waals surface area contributed by atoms with Gasteiger partial charge in [-0.3, -0.25) is 19.2 Å². The van der Waals surface area contributed by atoms with E-state index in [1.165, 1.54) is 30.3 Å². The Balaban J connectivity index is 0.992. The molecule has 5 saturated heterocycles. The number of piperidine rings is 1. The molecular formula is C43H55F3N6O9. The number of halogens is 3. The lowest BCUT2D eigenvalue weighted by molar-refractivity contribution is -0.153. The molecule has 2 aliphatic carbocycles. The van der Waals surface area contributed by atoms with Crippen LogP contribution in [0, 0.1) is 28.1 Å². The molecule has 6 heterocycles. The van der Waals surface area contributed by atoms with Crippen LogP contribution in [0.25, 0.3) is 0 Å². The molecule has 2 saturated carbocycles. The monoisotopic (exact) mass is 856 g/mol. The summed E-state index contributed by atoms with van der Waals surface area (Å²) in [5, 5.41) is 36.8. The van der Waals surface area contributed by atoms with Crippen molar-refractivity contribution in [2.75, 3.05) is 45.9 Å². The number of carbonyl (C=O) groups excluding carboxylic acids is 4. The number of aliphatic imine (C=N–C) groups is 1. The van der Waals surface area contributed by atoms with Gasteiger partial charge in [-0.25, -0.2) is 9.79 Å². The number of fused-ring (bicyclic) bond motifs is 3. The Bertz CT molecular complexity index is 2020. The van der Waals surface area contributed by atoms with Gasteiger partial charge in [0, 0.05) is 56.8 Å². The van der Waals surface area contributed by atoms with E-state index in [9.17, 15) is 52.5 Å². The molecule has 1 aromatic carbocycles. The van der Waals surface area contributed by atoms with Crippen molar-refractivity contribution in [3.05, 3.63) is 47.0 Å². The molecule has 1 spiro atoms. The van der Waals surface area contributed by atoms with Crippen LogP contribution in [0.1, 0.15) is 99.5 Å². The van der Waals surface area contributed by atoms with E-state index in [1.54, 1.807) is 9.80 Å². The molecule has 5 atom stereocenters. The number of aliphatic hydroxyl groups is 2. The van der Waals surface area contributed by atoms with E-state index in [-0.39, 0.29) is 98.2 Å². The van der Waals surface area contributed by atoms with E-state index < -0.39 is 70.0 Å². The minimum Gasteiger partial charge on any atom is -0.492 e. The van der Waals surface area contributed by atoms with E-state index in [0.717, 1.165) is 38.2 Å². The second-order valence-electron chi connectivity index (χ2n) is 19.5. The number of nitrogens with one attached hydrogen (secondary N) is 2. The maximum atomic E-state index is 14.9. The summed E-state index contributed by atoms with van der Waals surface area (Å²) in [6.07, 6.45) is 1.97. The van der Waals surface area contributed by atoms with Gasteiger partial charge >= 0.3 is 12.1 Å². The van der Waals surface area contributed by atoms with Gasteiger partial charge in [0.1, 0.15) is 6.04 Å². The third-order valence-corrected chi connectivity index (χ3v) is 14.8. The number of hydrogen-bond donors (Lipinski definition) is 5. The molecule has 2 bridgehead atoms. The summed E-state index contributed by atoms with van der Waals surface area (Å²) in [5.41, 5.74) is -3.91. The Hall–Kier alpha value is -4.71. The van der Waals surface area contributed by atoms with Crippen LogP contribution in [0.3, 0.4) is 0 Å². The molecule has 0 radical (unpaired) electrons. The van der Waals surface area contributed by atoms with E-state index in [2.05, 4.69) is 15.6 Å². The van der Waals surface area contributed by atoms with Crippen molar-refractivity contribution in [1.29, 1.82) is 0 Å². The minimum atomic E-state index is -4.72. The standard InChI is InChI=1S/C43H55F3N6O9/c1-24(53)33(36(57)50-12-8-25(9-13-50)28-5-4-26(43(44,45)46)14-29(28)37(58)59)49-34(55)31-17-51(20-41(31)21-52(22-41)35(56)30-15-39(30,2)3)38(60)42(19-47-32(54)16-48-42)18-40-10-6-27(7-11-40)61-23-40/h4-5,14,16,19,24-25,27,30-31,33,48,53-54H,6-13,15,17-18,20-23H2,1-3H3,(H,49,55)(H,58,59)/t24-,27?,30-,31+,33+,40?,42?/m1/s1. The summed E-state index contributed by atoms with van der Waals surface area (Å²) in [5.74, 6) is -4.70. The number of hydrogen-bond acceptors (Lipinski definition) is 10. The lowest BCUT2D eigenvalue weighted by Crippen LogP contribution is -2.66. The van der Waals surface area contributed by atoms with E-state index in [4.69, 9.17) is 4.74 Å². The fourth-order valence-electron chi connectivity index (χ4n) is 11.0. The smallest absolute Gasteiger partial charge is 0.416 e. The van der Waals surface area contributed by atoms with E-state index >= 15 is 0 Å². The van der Waals surface area contributed by atoms with Crippen LogP contribution >= 0.6 is 0 Å². The predicted octanol–water partition coefficient (Wildman–Crippen LogP) is 3.43. The summed E-state index contributed by atoms with van der Waals surface area (Å²) < 4.78 is 46.2. The molecule has 5 N–H and O–H groups in total. The Kier molecular flexibility index (Phi) is 10.8. The molecule has 0 aromatic heterocycles. The summed E-state index contributed by atoms with van der Waals surface area (Å²) in [7, 11) is 0. The quantitative estimate of drug-likeness (QED) is 0.232. The van der Waals surface area contributed by atoms with E-state index in [1.807, 2.05) is 13.8 Å². The average Bonchev–Trinajstić information content (AvgIpc) is 3.67. The van der Waals surface area contributed by atoms with Crippen LogP contribution in [0.5, 0.6) is 0 Å². The lowest BCUT2D eigenvalue weighted by atomic mass is 9.65. The number of alkyl halides is 3. The second-order valence-corrected chi connectivity index (χ2v) is 19.5. The Morgan fingerprint density at radius 3 is 2.20 bits per heavy atom. The average molecular weight is 857 g/mol. The molecule has 61 heavy (non-hydrogen) atoms. The molecule has 1 unspecified atom stereocenters. The first-order valence-corrected chi connectivity index (χ1v) is 21.3. The first kappa shape index (κ1) is 43.0. The van der Waals surface area contributed by atoms with Crippen molar-refractivity contribution in [2.24, 2.45) is 33.1 Å². The molecule has 4 amide bonds. The fourth-order valence-corrected chi connectivity index (χ4v) is 11.0. The number of aromatic carboxylic acids is 1. The van der Waals surface area contributed by atoms with Gasteiger partial charge in [-0.1, -0.05) is 19.9 Å². The highest BCUT2D eigenvalue weighted by Gasteiger charge is 2.63. The number of benzene rings is 1. The Morgan fingerprint density at radius 2 is 1.66 bits per heavy atom. The molecule has 1 aromatic rings. The molecular weight excluding hydrogens is 802 g/mol. The molecule has 7 fully saturated rings. The normalized spacial score (nSPS) is 31.2. The second kappa shape index (κ2) is 15.3. The lowest BCUT2D eigenvalue weighted by Gasteiger charge is -2.51. The van der Waals surface area contributed by atoms with Crippen molar-refractivity contribution in [2.45, 2.75) is 108 Å². The van der Waals surface area contributed by atoms with Gasteiger partial charge < -0.3 is 45.4 Å². The van der Waals surface area contributed by atoms with Gasteiger partial charge in [0.25, 0.3) is 5.91 Å². The molecule has 332 valence electrons. The largest absolute Gasteiger partial charge is 0.492 e. The molecule has 6 aliphatic heterocycles. The first-order chi connectivity index (χ1) is 28.6. The predicted molar refractivity (Wildman–Crippen MR) is 212 cm³/mol. The van der Waals surface area contributed by atoms with Crippen molar-refractivity contribution in [3.63, 3.8) is 0 Å². The maximum Gasteiger partial charge on any atom is 0.416 e. The number of ether oxygens (including phenoxy) is 1. The van der Waals surface area contributed by atoms with Gasteiger partial charge in [0.15, 0.2) is 5.54 Å². The number of rotatable bonds is 10. The van der Waals surface area contributed by atoms with Gasteiger partial charge in [0.2, 0.25) is 23.6 Å².